The van der Waals surface area contributed by atoms with E-state index < -0.39 is 0 Å². The number of ether oxygens (including phenoxy) is 1. The molecule has 0 bridgehead atoms. The van der Waals surface area contributed by atoms with Crippen molar-refractivity contribution in [1.29, 1.82) is 0 Å². The van der Waals surface area contributed by atoms with Gasteiger partial charge < -0.3 is 10.5 Å². The van der Waals surface area contributed by atoms with Gasteiger partial charge in [-0.25, -0.2) is 0 Å². The van der Waals surface area contributed by atoms with Gasteiger partial charge in [-0.2, -0.15) is 0 Å². The molecule has 3 aliphatic rings. The van der Waals surface area contributed by atoms with Crippen LogP contribution in [-0.2, 0) is 0 Å². The van der Waals surface area contributed by atoms with Crippen LogP contribution in [0.1, 0.15) is 37.3 Å². The SMILES string of the molecule is NC1CC2(CCN(C3CC3)C2)Oc2ccc(Br)cc21. The first-order chi connectivity index (χ1) is 9.15. The molecule has 1 saturated carbocycles. The van der Waals surface area contributed by atoms with Gasteiger partial charge in [0.25, 0.3) is 0 Å². The summed E-state index contributed by atoms with van der Waals surface area (Å²) in [6.45, 7) is 2.23. The van der Waals surface area contributed by atoms with Gasteiger partial charge in [0, 0.05) is 48.1 Å². The third-order valence-corrected chi connectivity index (χ3v) is 5.19. The summed E-state index contributed by atoms with van der Waals surface area (Å²) in [5.41, 5.74) is 7.49. The van der Waals surface area contributed by atoms with Gasteiger partial charge in [-0.15, -0.1) is 0 Å². The van der Waals surface area contributed by atoms with Crippen molar-refractivity contribution in [3.8, 4) is 5.75 Å². The van der Waals surface area contributed by atoms with E-state index in [0.717, 1.165) is 41.2 Å². The lowest BCUT2D eigenvalue weighted by Crippen LogP contribution is -2.45. The van der Waals surface area contributed by atoms with Gasteiger partial charge in [0.1, 0.15) is 11.4 Å². The first-order valence-electron chi connectivity index (χ1n) is 7.13. The molecule has 2 fully saturated rings. The molecule has 2 aliphatic heterocycles. The van der Waals surface area contributed by atoms with E-state index in [1.54, 1.807) is 0 Å². The van der Waals surface area contributed by atoms with Crippen LogP contribution < -0.4 is 10.5 Å². The molecule has 1 aromatic rings. The molecule has 0 aromatic heterocycles. The second-order valence-electron chi connectivity index (χ2n) is 6.23. The highest BCUT2D eigenvalue weighted by atomic mass is 79.9. The number of benzene rings is 1. The lowest BCUT2D eigenvalue weighted by molar-refractivity contribution is 0.0433. The fourth-order valence-corrected chi connectivity index (χ4v) is 3.94. The molecule has 0 radical (unpaired) electrons. The van der Waals surface area contributed by atoms with Crippen molar-refractivity contribution in [2.75, 3.05) is 13.1 Å². The zero-order valence-corrected chi connectivity index (χ0v) is 12.5. The lowest BCUT2D eigenvalue weighted by Gasteiger charge is -2.39. The third-order valence-electron chi connectivity index (χ3n) is 4.70. The van der Waals surface area contributed by atoms with E-state index in [2.05, 4.69) is 33.0 Å². The van der Waals surface area contributed by atoms with Crippen LogP contribution >= 0.6 is 15.9 Å². The Morgan fingerprint density at radius 1 is 1.37 bits per heavy atom. The van der Waals surface area contributed by atoms with Gasteiger partial charge in [0.15, 0.2) is 0 Å². The summed E-state index contributed by atoms with van der Waals surface area (Å²) in [6, 6.07) is 7.12. The molecule has 0 amide bonds. The quantitative estimate of drug-likeness (QED) is 0.864. The van der Waals surface area contributed by atoms with Gasteiger partial charge in [-0.05, 0) is 31.0 Å². The molecule has 1 saturated heterocycles. The number of fused-ring (bicyclic) bond motifs is 1. The van der Waals surface area contributed by atoms with Crippen molar-refractivity contribution in [3.63, 3.8) is 0 Å². The van der Waals surface area contributed by atoms with E-state index in [-0.39, 0.29) is 11.6 Å². The van der Waals surface area contributed by atoms with E-state index in [0.29, 0.717) is 0 Å². The molecule has 2 heterocycles. The van der Waals surface area contributed by atoms with E-state index in [4.69, 9.17) is 10.5 Å². The predicted octanol–water partition coefficient (Wildman–Crippen LogP) is 2.84. The summed E-state index contributed by atoms with van der Waals surface area (Å²) in [7, 11) is 0. The first-order valence-corrected chi connectivity index (χ1v) is 7.93. The van der Waals surface area contributed by atoms with Crippen LogP contribution in [0.3, 0.4) is 0 Å². The van der Waals surface area contributed by atoms with Gasteiger partial charge in [0.2, 0.25) is 0 Å². The molecule has 2 unspecified atom stereocenters. The molecule has 102 valence electrons. The molecule has 1 spiro atoms. The minimum Gasteiger partial charge on any atom is -0.485 e. The second-order valence-corrected chi connectivity index (χ2v) is 7.15. The van der Waals surface area contributed by atoms with Crippen LogP contribution in [0.15, 0.2) is 22.7 Å². The van der Waals surface area contributed by atoms with Crippen molar-refractivity contribution in [1.82, 2.24) is 4.90 Å². The van der Waals surface area contributed by atoms with E-state index in [9.17, 15) is 0 Å². The van der Waals surface area contributed by atoms with Crippen LogP contribution in [0.4, 0.5) is 0 Å². The summed E-state index contributed by atoms with van der Waals surface area (Å²) >= 11 is 3.51. The molecular formula is C15H19BrN2O. The number of nitrogens with zero attached hydrogens (tertiary/aromatic N) is 1. The van der Waals surface area contributed by atoms with E-state index in [1.165, 1.54) is 19.4 Å². The summed E-state index contributed by atoms with van der Waals surface area (Å²) in [6.07, 6.45) is 4.80. The van der Waals surface area contributed by atoms with Crippen LogP contribution in [-0.4, -0.2) is 29.6 Å². The third kappa shape index (κ3) is 2.10. The molecule has 4 rings (SSSR count). The Morgan fingerprint density at radius 3 is 3.00 bits per heavy atom. The summed E-state index contributed by atoms with van der Waals surface area (Å²) in [5.74, 6) is 0.986. The number of hydrogen-bond acceptors (Lipinski definition) is 3. The lowest BCUT2D eigenvalue weighted by atomic mass is 9.87. The Hall–Kier alpha value is -0.580. The average molecular weight is 323 g/mol. The van der Waals surface area contributed by atoms with Crippen molar-refractivity contribution >= 4 is 15.9 Å². The van der Waals surface area contributed by atoms with Gasteiger partial charge in [-0.1, -0.05) is 15.9 Å². The van der Waals surface area contributed by atoms with Crippen LogP contribution in [0.25, 0.3) is 0 Å². The Labute approximate surface area is 122 Å². The first kappa shape index (κ1) is 12.2. The number of nitrogens with two attached hydrogens (primary N) is 1. The Kier molecular flexibility index (Phi) is 2.70. The van der Waals surface area contributed by atoms with Crippen LogP contribution in [0, 0.1) is 0 Å². The number of hydrogen-bond donors (Lipinski definition) is 1. The fourth-order valence-electron chi connectivity index (χ4n) is 3.56. The standard InChI is InChI=1S/C15H19BrN2O/c16-10-1-4-14-12(7-10)13(17)8-15(19-14)5-6-18(9-15)11-2-3-11/h1,4,7,11,13H,2-3,5-6,8-9,17H2. The molecule has 2 atom stereocenters. The maximum absolute atomic E-state index is 6.39. The van der Waals surface area contributed by atoms with Crippen molar-refractivity contribution < 1.29 is 4.74 Å². The molecular weight excluding hydrogens is 304 g/mol. The second kappa shape index (κ2) is 4.21. The van der Waals surface area contributed by atoms with Crippen molar-refractivity contribution in [2.45, 2.75) is 43.4 Å². The van der Waals surface area contributed by atoms with Crippen LogP contribution in [0.5, 0.6) is 5.75 Å². The number of halogens is 1. The Bertz CT molecular complexity index is 517. The molecule has 1 aliphatic carbocycles. The summed E-state index contributed by atoms with van der Waals surface area (Å²) in [4.78, 5) is 2.59. The number of likely N-dealkylation sites (tertiary alicyclic amines) is 1. The highest BCUT2D eigenvalue weighted by molar-refractivity contribution is 9.10. The highest BCUT2D eigenvalue weighted by Crippen LogP contribution is 2.45. The minimum absolute atomic E-state index is 0.0389. The zero-order chi connectivity index (χ0) is 13.0. The highest BCUT2D eigenvalue weighted by Gasteiger charge is 2.48. The largest absolute Gasteiger partial charge is 0.485 e. The Balaban J connectivity index is 1.62. The van der Waals surface area contributed by atoms with Gasteiger partial charge in [-0.3, -0.25) is 4.90 Å². The average Bonchev–Trinajstić information content (AvgIpc) is 3.15. The fraction of sp³-hybridized carbons (Fsp3) is 0.600. The zero-order valence-electron chi connectivity index (χ0n) is 10.9. The van der Waals surface area contributed by atoms with Gasteiger partial charge >= 0.3 is 0 Å². The minimum atomic E-state index is -0.0389. The van der Waals surface area contributed by atoms with E-state index in [1.807, 2.05) is 6.07 Å². The number of rotatable bonds is 1. The molecule has 1 aromatic carbocycles. The van der Waals surface area contributed by atoms with Crippen LogP contribution in [0.2, 0.25) is 0 Å². The van der Waals surface area contributed by atoms with Gasteiger partial charge in [0.05, 0.1) is 0 Å². The monoisotopic (exact) mass is 322 g/mol. The summed E-state index contributed by atoms with van der Waals surface area (Å²) in [5, 5.41) is 0. The normalized spacial score (nSPS) is 34.3. The predicted molar refractivity (Wildman–Crippen MR) is 78.3 cm³/mol. The maximum atomic E-state index is 6.39. The van der Waals surface area contributed by atoms with Crippen molar-refractivity contribution in [3.05, 3.63) is 28.2 Å². The maximum Gasteiger partial charge on any atom is 0.125 e. The molecule has 2 N–H and O–H groups in total. The van der Waals surface area contributed by atoms with E-state index >= 15 is 0 Å². The van der Waals surface area contributed by atoms with Crippen molar-refractivity contribution in [2.24, 2.45) is 5.73 Å². The topological polar surface area (TPSA) is 38.5 Å². The Morgan fingerprint density at radius 2 is 2.21 bits per heavy atom. The smallest absolute Gasteiger partial charge is 0.125 e. The molecule has 4 heteroatoms. The molecule has 19 heavy (non-hydrogen) atoms. The molecule has 3 nitrogen and oxygen atoms in total. The summed E-state index contributed by atoms with van der Waals surface area (Å²) < 4.78 is 7.45.